The number of piperidine rings is 1. The van der Waals surface area contributed by atoms with E-state index in [1.165, 1.54) is 32.2 Å². The molecular formula is C14H29IN4. The van der Waals surface area contributed by atoms with E-state index in [1.807, 2.05) is 7.05 Å². The molecule has 2 unspecified atom stereocenters. The van der Waals surface area contributed by atoms with Crippen LogP contribution in [0.4, 0.5) is 0 Å². The standard InChI is InChI=1S/C14H28N4.HI/c1-12-6-4-9-18(11-12)14(15-2)16-10-13-7-5-8-17(13)3;/h12-13H,4-11H2,1-3H3,(H,15,16);1H. The van der Waals surface area contributed by atoms with Crippen LogP contribution in [0.2, 0.25) is 0 Å². The van der Waals surface area contributed by atoms with Crippen molar-refractivity contribution in [2.45, 2.75) is 38.6 Å². The van der Waals surface area contributed by atoms with E-state index >= 15 is 0 Å². The minimum atomic E-state index is 0. The molecule has 1 N–H and O–H groups in total. The van der Waals surface area contributed by atoms with Gasteiger partial charge in [0.05, 0.1) is 0 Å². The van der Waals surface area contributed by atoms with E-state index in [-0.39, 0.29) is 24.0 Å². The Morgan fingerprint density at radius 3 is 2.58 bits per heavy atom. The fraction of sp³-hybridized carbons (Fsp3) is 0.929. The third-order valence-corrected chi connectivity index (χ3v) is 4.34. The maximum Gasteiger partial charge on any atom is 0.193 e. The summed E-state index contributed by atoms with van der Waals surface area (Å²) < 4.78 is 0. The number of nitrogens with zero attached hydrogens (tertiary/aromatic N) is 3. The topological polar surface area (TPSA) is 30.9 Å². The van der Waals surface area contributed by atoms with Crippen LogP contribution < -0.4 is 5.32 Å². The highest BCUT2D eigenvalue weighted by Gasteiger charge is 2.23. The van der Waals surface area contributed by atoms with E-state index in [1.54, 1.807) is 0 Å². The van der Waals surface area contributed by atoms with Crippen LogP contribution in [0.15, 0.2) is 4.99 Å². The van der Waals surface area contributed by atoms with Gasteiger partial charge in [-0.15, -0.1) is 24.0 Å². The SMILES string of the molecule is CN=C(NCC1CCCN1C)N1CCCC(C)C1.I. The third kappa shape index (κ3) is 4.77. The second kappa shape index (κ2) is 8.29. The van der Waals surface area contributed by atoms with Crippen molar-refractivity contribution in [2.24, 2.45) is 10.9 Å². The largest absolute Gasteiger partial charge is 0.355 e. The van der Waals surface area contributed by atoms with E-state index in [0.29, 0.717) is 6.04 Å². The molecule has 0 saturated carbocycles. The van der Waals surface area contributed by atoms with Crippen molar-refractivity contribution in [2.75, 3.05) is 40.3 Å². The van der Waals surface area contributed by atoms with Crippen LogP contribution in [0.1, 0.15) is 32.6 Å². The molecule has 2 aliphatic rings. The highest BCUT2D eigenvalue weighted by Crippen LogP contribution is 2.16. The normalized spacial score (nSPS) is 29.2. The molecule has 2 saturated heterocycles. The van der Waals surface area contributed by atoms with Crippen molar-refractivity contribution in [3.05, 3.63) is 0 Å². The van der Waals surface area contributed by atoms with Gasteiger partial charge in [-0.25, -0.2) is 0 Å². The van der Waals surface area contributed by atoms with Crippen LogP contribution in [0.5, 0.6) is 0 Å². The highest BCUT2D eigenvalue weighted by atomic mass is 127. The van der Waals surface area contributed by atoms with Crippen LogP contribution in [0.3, 0.4) is 0 Å². The molecule has 4 nitrogen and oxygen atoms in total. The number of nitrogens with one attached hydrogen (secondary N) is 1. The minimum absolute atomic E-state index is 0. The molecule has 0 spiro atoms. The van der Waals surface area contributed by atoms with Gasteiger partial charge in [0.15, 0.2) is 5.96 Å². The number of likely N-dealkylation sites (N-methyl/N-ethyl adjacent to an activating group) is 1. The fourth-order valence-corrected chi connectivity index (χ4v) is 3.16. The van der Waals surface area contributed by atoms with Gasteiger partial charge >= 0.3 is 0 Å². The molecule has 2 fully saturated rings. The maximum absolute atomic E-state index is 4.45. The van der Waals surface area contributed by atoms with Gasteiger partial charge in [-0.3, -0.25) is 4.99 Å². The Bertz CT molecular complexity index is 295. The summed E-state index contributed by atoms with van der Waals surface area (Å²) in [5, 5.41) is 3.57. The predicted octanol–water partition coefficient (Wildman–Crippen LogP) is 2.01. The van der Waals surface area contributed by atoms with Crippen molar-refractivity contribution in [3.63, 3.8) is 0 Å². The Morgan fingerprint density at radius 1 is 1.26 bits per heavy atom. The van der Waals surface area contributed by atoms with Gasteiger partial charge in [-0.05, 0) is 45.2 Å². The second-order valence-corrected chi connectivity index (χ2v) is 5.90. The van der Waals surface area contributed by atoms with E-state index in [0.717, 1.165) is 31.5 Å². The molecule has 2 atom stereocenters. The number of likely N-dealkylation sites (tertiary alicyclic amines) is 2. The van der Waals surface area contributed by atoms with Crippen molar-refractivity contribution >= 4 is 29.9 Å². The smallest absolute Gasteiger partial charge is 0.193 e. The molecule has 0 aromatic heterocycles. The quantitative estimate of drug-likeness (QED) is 0.452. The summed E-state index contributed by atoms with van der Waals surface area (Å²) in [6, 6.07) is 0.684. The summed E-state index contributed by atoms with van der Waals surface area (Å²) in [6.07, 6.45) is 5.31. The Hall–Kier alpha value is -0.0400. The lowest BCUT2D eigenvalue weighted by molar-refractivity contribution is 0.260. The average molecular weight is 380 g/mol. The summed E-state index contributed by atoms with van der Waals surface area (Å²) >= 11 is 0. The maximum atomic E-state index is 4.45. The van der Waals surface area contributed by atoms with Gasteiger partial charge in [0.2, 0.25) is 0 Å². The highest BCUT2D eigenvalue weighted by molar-refractivity contribution is 14.0. The first-order chi connectivity index (χ1) is 8.70. The first-order valence-electron chi connectivity index (χ1n) is 7.36. The van der Waals surface area contributed by atoms with E-state index in [2.05, 4.69) is 34.1 Å². The van der Waals surface area contributed by atoms with Gasteiger partial charge in [0.1, 0.15) is 0 Å². The Labute approximate surface area is 135 Å². The number of hydrogen-bond donors (Lipinski definition) is 1. The minimum Gasteiger partial charge on any atom is -0.355 e. The van der Waals surface area contributed by atoms with Crippen LogP contribution in [-0.4, -0.2) is 62.1 Å². The van der Waals surface area contributed by atoms with Gasteiger partial charge in [0.25, 0.3) is 0 Å². The third-order valence-electron chi connectivity index (χ3n) is 4.34. The molecule has 2 aliphatic heterocycles. The first-order valence-corrected chi connectivity index (χ1v) is 7.36. The first kappa shape index (κ1) is 17.0. The number of rotatable bonds is 2. The van der Waals surface area contributed by atoms with Gasteiger partial charge in [0, 0.05) is 32.7 Å². The molecule has 5 heteroatoms. The lowest BCUT2D eigenvalue weighted by atomic mass is 10.0. The molecule has 0 amide bonds. The van der Waals surface area contributed by atoms with Gasteiger partial charge < -0.3 is 15.1 Å². The number of guanidine groups is 1. The van der Waals surface area contributed by atoms with E-state index in [9.17, 15) is 0 Å². The number of aliphatic imine (C=N–C) groups is 1. The Kier molecular flexibility index (Phi) is 7.42. The number of halogens is 1. The van der Waals surface area contributed by atoms with Gasteiger partial charge in [-0.2, -0.15) is 0 Å². The molecule has 2 rings (SSSR count). The summed E-state index contributed by atoms with van der Waals surface area (Å²) in [6.45, 7) is 6.93. The van der Waals surface area contributed by atoms with Crippen LogP contribution in [-0.2, 0) is 0 Å². The second-order valence-electron chi connectivity index (χ2n) is 5.90. The predicted molar refractivity (Wildman–Crippen MR) is 92.4 cm³/mol. The van der Waals surface area contributed by atoms with E-state index in [4.69, 9.17) is 0 Å². The molecule has 0 aliphatic carbocycles. The van der Waals surface area contributed by atoms with Crippen molar-refractivity contribution < 1.29 is 0 Å². The lowest BCUT2D eigenvalue weighted by Gasteiger charge is -2.34. The van der Waals surface area contributed by atoms with Crippen LogP contribution >= 0.6 is 24.0 Å². The van der Waals surface area contributed by atoms with Crippen molar-refractivity contribution in [1.82, 2.24) is 15.1 Å². The Balaban J connectivity index is 0.00000180. The zero-order valence-corrected chi connectivity index (χ0v) is 14.9. The Morgan fingerprint density at radius 2 is 2.00 bits per heavy atom. The summed E-state index contributed by atoms with van der Waals surface area (Å²) in [7, 11) is 4.13. The number of hydrogen-bond acceptors (Lipinski definition) is 2. The monoisotopic (exact) mass is 380 g/mol. The molecular weight excluding hydrogens is 351 g/mol. The molecule has 0 aromatic rings. The molecule has 112 valence electrons. The molecule has 0 bridgehead atoms. The average Bonchev–Trinajstić information content (AvgIpc) is 2.76. The molecule has 0 aromatic carbocycles. The van der Waals surface area contributed by atoms with Crippen molar-refractivity contribution in [1.29, 1.82) is 0 Å². The lowest BCUT2D eigenvalue weighted by Crippen LogP contribution is -2.49. The van der Waals surface area contributed by atoms with Crippen LogP contribution in [0.25, 0.3) is 0 Å². The van der Waals surface area contributed by atoms with E-state index < -0.39 is 0 Å². The summed E-state index contributed by atoms with van der Waals surface area (Å²) in [4.78, 5) is 9.32. The van der Waals surface area contributed by atoms with Crippen molar-refractivity contribution in [3.8, 4) is 0 Å². The molecule has 19 heavy (non-hydrogen) atoms. The molecule has 2 heterocycles. The fourth-order valence-electron chi connectivity index (χ4n) is 3.16. The van der Waals surface area contributed by atoms with Gasteiger partial charge in [-0.1, -0.05) is 6.92 Å². The molecule has 0 radical (unpaired) electrons. The summed E-state index contributed by atoms with van der Waals surface area (Å²) in [5.41, 5.74) is 0. The zero-order valence-electron chi connectivity index (χ0n) is 12.6. The van der Waals surface area contributed by atoms with Crippen LogP contribution in [0, 0.1) is 5.92 Å². The summed E-state index contributed by atoms with van der Waals surface area (Å²) in [5.74, 6) is 1.90. The zero-order chi connectivity index (χ0) is 13.0.